The van der Waals surface area contributed by atoms with Crippen molar-refractivity contribution in [2.45, 2.75) is 24.1 Å². The van der Waals surface area contributed by atoms with Crippen molar-refractivity contribution in [1.82, 2.24) is 9.21 Å². The Morgan fingerprint density at radius 1 is 1.50 bits per heavy atom. The van der Waals surface area contributed by atoms with Gasteiger partial charge in [-0.05, 0) is 12.8 Å². The molecule has 1 aliphatic heterocycles. The summed E-state index contributed by atoms with van der Waals surface area (Å²) >= 11 is 5.93. The fourth-order valence-electron chi connectivity index (χ4n) is 2.24. The maximum atomic E-state index is 11.6. The summed E-state index contributed by atoms with van der Waals surface area (Å²) in [6.45, 7) is 1.89. The van der Waals surface area contributed by atoms with Gasteiger partial charge in [0.1, 0.15) is 5.56 Å². The zero-order valence-electron chi connectivity index (χ0n) is 9.52. The van der Waals surface area contributed by atoms with Crippen LogP contribution in [-0.2, 0) is 14.8 Å². The van der Waals surface area contributed by atoms with E-state index in [0.717, 1.165) is 19.4 Å². The molecule has 0 bridgehead atoms. The van der Waals surface area contributed by atoms with Crippen molar-refractivity contribution in [2.75, 3.05) is 33.0 Å². The number of hydrogen-bond acceptors (Lipinski definition) is 4. The third-order valence-corrected chi connectivity index (χ3v) is 4.99. The summed E-state index contributed by atoms with van der Waals surface area (Å²) in [6, 6.07) is 0. The van der Waals surface area contributed by atoms with Crippen LogP contribution < -0.4 is 0 Å². The predicted molar refractivity (Wildman–Crippen MR) is 61.7 cm³/mol. The van der Waals surface area contributed by atoms with Crippen LogP contribution in [0.1, 0.15) is 12.8 Å². The highest BCUT2D eigenvalue weighted by Crippen LogP contribution is 2.45. The van der Waals surface area contributed by atoms with Crippen LogP contribution in [0.2, 0.25) is 0 Å². The Morgan fingerprint density at radius 2 is 2.12 bits per heavy atom. The molecule has 0 spiro atoms. The second-order valence-corrected chi connectivity index (χ2v) is 6.94. The summed E-state index contributed by atoms with van der Waals surface area (Å²) in [5.41, 5.74) is -0.677. The molecule has 2 aliphatic rings. The van der Waals surface area contributed by atoms with E-state index in [9.17, 15) is 8.42 Å². The van der Waals surface area contributed by atoms with E-state index in [1.165, 1.54) is 10.6 Å². The second kappa shape index (κ2) is 4.10. The number of ether oxygens (including phenoxy) is 1. The Labute approximate surface area is 101 Å². The highest BCUT2D eigenvalue weighted by atomic mass is 35.5. The average Bonchev–Trinajstić information content (AvgIpc) is 2.96. The van der Waals surface area contributed by atoms with Crippen LogP contribution in [0.15, 0.2) is 0 Å². The van der Waals surface area contributed by atoms with Gasteiger partial charge in [0.2, 0.25) is 10.0 Å². The minimum atomic E-state index is -3.16. The number of sulfonamides is 1. The van der Waals surface area contributed by atoms with E-state index >= 15 is 0 Å². The van der Waals surface area contributed by atoms with Crippen LogP contribution in [0.4, 0.5) is 0 Å². The molecular weight excluding hydrogens is 252 g/mol. The third-order valence-electron chi connectivity index (χ3n) is 3.39. The van der Waals surface area contributed by atoms with Crippen molar-refractivity contribution in [3.8, 4) is 0 Å². The largest absolute Gasteiger partial charge is 0.360 e. The topological polar surface area (TPSA) is 49.9 Å². The summed E-state index contributed by atoms with van der Waals surface area (Å²) in [4.78, 5) is 2.12. The first-order valence-corrected chi connectivity index (χ1v) is 7.59. The van der Waals surface area contributed by atoms with Crippen molar-refractivity contribution in [3.63, 3.8) is 0 Å². The summed E-state index contributed by atoms with van der Waals surface area (Å²) in [5, 5.41) is 0. The zero-order chi connectivity index (χ0) is 12.0. The number of halogens is 1. The van der Waals surface area contributed by atoms with Crippen LogP contribution in [-0.4, -0.2) is 61.8 Å². The van der Waals surface area contributed by atoms with E-state index < -0.39 is 10.0 Å². The second-order valence-electron chi connectivity index (χ2n) is 4.44. The first-order valence-electron chi connectivity index (χ1n) is 5.31. The Morgan fingerprint density at radius 3 is 2.56 bits per heavy atom. The Bertz CT molecular complexity index is 369. The zero-order valence-corrected chi connectivity index (χ0v) is 11.1. The SMILES string of the molecule is CN(C1(N2CCOC(Cl)C2)CC1)S(C)(=O)=O. The van der Waals surface area contributed by atoms with Gasteiger partial charge >= 0.3 is 0 Å². The molecule has 1 saturated heterocycles. The fraction of sp³-hybridized carbons (Fsp3) is 1.00. The lowest BCUT2D eigenvalue weighted by Gasteiger charge is -2.40. The van der Waals surface area contributed by atoms with Gasteiger partial charge in [-0.15, -0.1) is 0 Å². The fourth-order valence-corrected chi connectivity index (χ4v) is 3.41. The van der Waals surface area contributed by atoms with E-state index in [4.69, 9.17) is 16.3 Å². The number of rotatable bonds is 3. The number of hydrogen-bond donors (Lipinski definition) is 0. The molecule has 2 rings (SSSR count). The van der Waals surface area contributed by atoms with Gasteiger partial charge in [0.15, 0.2) is 0 Å². The molecule has 0 aromatic heterocycles. The molecule has 1 unspecified atom stereocenters. The number of nitrogens with zero attached hydrogens (tertiary/aromatic N) is 2. The van der Waals surface area contributed by atoms with Crippen molar-refractivity contribution in [2.24, 2.45) is 0 Å². The van der Waals surface area contributed by atoms with Gasteiger partial charge in [-0.3, -0.25) is 4.90 Å². The summed E-state index contributed by atoms with van der Waals surface area (Å²) < 4.78 is 29.9. The van der Waals surface area contributed by atoms with E-state index in [0.29, 0.717) is 13.2 Å². The quantitative estimate of drug-likeness (QED) is 0.690. The lowest BCUT2D eigenvalue weighted by atomic mass is 10.3. The van der Waals surface area contributed by atoms with Crippen LogP contribution in [0.5, 0.6) is 0 Å². The van der Waals surface area contributed by atoms with Gasteiger partial charge in [0.25, 0.3) is 0 Å². The van der Waals surface area contributed by atoms with Gasteiger partial charge < -0.3 is 4.74 Å². The smallest absolute Gasteiger partial charge is 0.212 e. The highest BCUT2D eigenvalue weighted by molar-refractivity contribution is 7.88. The van der Waals surface area contributed by atoms with Crippen molar-refractivity contribution < 1.29 is 13.2 Å². The molecule has 1 saturated carbocycles. The van der Waals surface area contributed by atoms with E-state index in [1.54, 1.807) is 7.05 Å². The minimum absolute atomic E-state index is 0.334. The van der Waals surface area contributed by atoms with Gasteiger partial charge in [-0.25, -0.2) is 8.42 Å². The van der Waals surface area contributed by atoms with Crippen molar-refractivity contribution >= 4 is 21.6 Å². The van der Waals surface area contributed by atoms with Gasteiger partial charge in [0.05, 0.1) is 18.5 Å². The van der Waals surface area contributed by atoms with Crippen LogP contribution >= 0.6 is 11.6 Å². The summed E-state index contributed by atoms with van der Waals surface area (Å²) in [5.74, 6) is 0. The Balaban J connectivity index is 2.13. The summed E-state index contributed by atoms with van der Waals surface area (Å²) in [7, 11) is -1.52. The minimum Gasteiger partial charge on any atom is -0.360 e. The molecular formula is C9H17ClN2O3S. The van der Waals surface area contributed by atoms with Crippen molar-refractivity contribution in [3.05, 3.63) is 0 Å². The molecule has 1 aliphatic carbocycles. The molecule has 94 valence electrons. The van der Waals surface area contributed by atoms with E-state index in [1.807, 2.05) is 0 Å². The molecule has 0 aromatic carbocycles. The molecule has 2 fully saturated rings. The van der Waals surface area contributed by atoms with Gasteiger partial charge in [0, 0.05) is 20.1 Å². The molecule has 16 heavy (non-hydrogen) atoms. The third kappa shape index (κ3) is 2.22. The lowest BCUT2D eigenvalue weighted by molar-refractivity contribution is -0.0346. The molecule has 1 heterocycles. The van der Waals surface area contributed by atoms with E-state index in [2.05, 4.69) is 4.90 Å². The summed E-state index contributed by atoms with van der Waals surface area (Å²) in [6.07, 6.45) is 2.99. The first-order chi connectivity index (χ1) is 7.36. The Kier molecular flexibility index (Phi) is 3.22. The molecule has 0 aromatic rings. The molecule has 5 nitrogen and oxygen atoms in total. The molecule has 0 radical (unpaired) electrons. The maximum Gasteiger partial charge on any atom is 0.212 e. The molecule has 7 heteroatoms. The normalized spacial score (nSPS) is 30.6. The van der Waals surface area contributed by atoms with Crippen LogP contribution in [0, 0.1) is 0 Å². The van der Waals surface area contributed by atoms with Crippen LogP contribution in [0.25, 0.3) is 0 Å². The molecule has 1 atom stereocenters. The van der Waals surface area contributed by atoms with Gasteiger partial charge in [-0.1, -0.05) is 11.6 Å². The molecule has 0 N–H and O–H groups in total. The van der Waals surface area contributed by atoms with Crippen LogP contribution in [0.3, 0.4) is 0 Å². The Hall–Kier alpha value is 0.120. The lowest BCUT2D eigenvalue weighted by Crippen LogP contribution is -2.56. The molecule has 0 amide bonds. The highest BCUT2D eigenvalue weighted by Gasteiger charge is 2.55. The average molecular weight is 269 g/mol. The predicted octanol–water partition coefficient (Wildman–Crippen LogP) is 0.265. The number of morpholine rings is 1. The van der Waals surface area contributed by atoms with Crippen molar-refractivity contribution in [1.29, 1.82) is 0 Å². The van der Waals surface area contributed by atoms with E-state index in [-0.39, 0.29) is 11.2 Å². The standard InChI is InChI=1S/C9H17ClN2O3S/c1-11(16(2,13)14)9(3-4-9)12-5-6-15-8(10)7-12/h8H,3-7H2,1-2H3. The number of alkyl halides is 1. The maximum absolute atomic E-state index is 11.6. The van der Waals surface area contributed by atoms with Gasteiger partial charge in [-0.2, -0.15) is 4.31 Å². The first kappa shape index (κ1) is 12.6. The monoisotopic (exact) mass is 268 g/mol.